The molecule has 1 N–H and O–H groups in total. The summed E-state index contributed by atoms with van der Waals surface area (Å²) in [6.45, 7) is 0. The Morgan fingerprint density at radius 1 is 0.962 bits per heavy atom. The summed E-state index contributed by atoms with van der Waals surface area (Å²) in [6, 6.07) is 14.2. The molecule has 0 unspecified atom stereocenters. The number of halogens is 1. The fourth-order valence-corrected chi connectivity index (χ4v) is 2.55. The van der Waals surface area contributed by atoms with E-state index in [4.69, 9.17) is 0 Å². The number of nitrogens with zero attached hydrogens (tertiary/aromatic N) is 3. The van der Waals surface area contributed by atoms with E-state index >= 15 is 0 Å². The molecule has 3 aromatic rings. The van der Waals surface area contributed by atoms with Gasteiger partial charge in [-0.3, -0.25) is 13.9 Å². The molecule has 0 saturated carbocycles. The molecule has 132 valence electrons. The van der Waals surface area contributed by atoms with Gasteiger partial charge in [0.25, 0.3) is 5.56 Å². The van der Waals surface area contributed by atoms with Gasteiger partial charge in [0, 0.05) is 19.7 Å². The van der Waals surface area contributed by atoms with E-state index in [2.05, 4.69) is 4.99 Å². The molecule has 0 aliphatic heterocycles. The van der Waals surface area contributed by atoms with Crippen LogP contribution in [0.1, 0.15) is 11.1 Å². The largest absolute Gasteiger partial charge is 0.494 e. The Bertz CT molecular complexity index is 1100. The maximum Gasteiger partial charge on any atom is 0.333 e. The van der Waals surface area contributed by atoms with E-state index in [1.165, 1.54) is 38.4 Å². The van der Waals surface area contributed by atoms with Crippen LogP contribution in [0.15, 0.2) is 69.2 Å². The predicted octanol–water partition coefficient (Wildman–Crippen LogP) is 2.10. The molecule has 1 aromatic heterocycles. The first kappa shape index (κ1) is 17.3. The van der Waals surface area contributed by atoms with Crippen LogP contribution in [0.5, 0.6) is 5.88 Å². The van der Waals surface area contributed by atoms with Crippen molar-refractivity contribution in [3.8, 4) is 5.88 Å². The lowest BCUT2D eigenvalue weighted by molar-refractivity contribution is 0.410. The molecule has 2 aromatic carbocycles. The number of aliphatic imine (C=N–C) groups is 1. The van der Waals surface area contributed by atoms with Crippen molar-refractivity contribution in [3.05, 3.63) is 92.4 Å². The minimum atomic E-state index is -0.671. The van der Waals surface area contributed by atoms with Crippen LogP contribution < -0.4 is 11.2 Å². The molecule has 3 rings (SSSR count). The lowest BCUT2D eigenvalue weighted by Gasteiger charge is -2.13. The minimum Gasteiger partial charge on any atom is -0.494 e. The number of hydrogen-bond donors (Lipinski definition) is 1. The Kier molecular flexibility index (Phi) is 4.53. The molecule has 1 heterocycles. The Balaban J connectivity index is 2.35. The monoisotopic (exact) mass is 353 g/mol. The second-order valence-electron chi connectivity index (χ2n) is 5.71. The van der Waals surface area contributed by atoms with Crippen molar-refractivity contribution in [2.45, 2.75) is 0 Å². The predicted molar refractivity (Wildman–Crippen MR) is 96.7 cm³/mol. The van der Waals surface area contributed by atoms with Gasteiger partial charge in [-0.25, -0.2) is 14.2 Å². The Labute approximate surface area is 148 Å². The summed E-state index contributed by atoms with van der Waals surface area (Å²) >= 11 is 0. The topological polar surface area (TPSA) is 76.6 Å². The van der Waals surface area contributed by atoms with Gasteiger partial charge in [-0.05, 0) is 24.3 Å². The highest BCUT2D eigenvalue weighted by molar-refractivity contribution is 6.15. The number of hydrogen-bond acceptors (Lipinski definition) is 4. The van der Waals surface area contributed by atoms with Crippen LogP contribution in [0.3, 0.4) is 0 Å². The normalized spacial score (nSPS) is 11.6. The van der Waals surface area contributed by atoms with Crippen molar-refractivity contribution in [2.24, 2.45) is 19.1 Å². The van der Waals surface area contributed by atoms with Crippen LogP contribution in [0.25, 0.3) is 0 Å². The van der Waals surface area contributed by atoms with E-state index in [0.29, 0.717) is 11.3 Å². The molecular weight excluding hydrogens is 337 g/mol. The lowest BCUT2D eigenvalue weighted by Crippen LogP contribution is -2.40. The number of aromatic nitrogens is 2. The summed E-state index contributed by atoms with van der Waals surface area (Å²) in [5.41, 5.74) is -0.264. The highest BCUT2D eigenvalue weighted by Gasteiger charge is 2.21. The SMILES string of the molecule is Cn1c(O)c(C(=Nc2ccc(F)cc2)c2ccccc2)c(=O)n(C)c1=O. The highest BCUT2D eigenvalue weighted by Crippen LogP contribution is 2.21. The summed E-state index contributed by atoms with van der Waals surface area (Å²) in [7, 11) is 2.69. The van der Waals surface area contributed by atoms with Gasteiger partial charge < -0.3 is 5.11 Å². The van der Waals surface area contributed by atoms with Gasteiger partial charge in [-0.15, -0.1) is 0 Å². The van der Waals surface area contributed by atoms with Crippen molar-refractivity contribution < 1.29 is 9.50 Å². The summed E-state index contributed by atoms with van der Waals surface area (Å²) in [6.07, 6.45) is 0. The van der Waals surface area contributed by atoms with E-state index < -0.39 is 22.9 Å². The first-order chi connectivity index (χ1) is 12.4. The zero-order chi connectivity index (χ0) is 18.8. The van der Waals surface area contributed by atoms with E-state index in [-0.39, 0.29) is 11.3 Å². The minimum absolute atomic E-state index is 0.106. The Hall–Kier alpha value is -3.48. The van der Waals surface area contributed by atoms with Crippen LogP contribution in [-0.2, 0) is 14.1 Å². The van der Waals surface area contributed by atoms with Gasteiger partial charge >= 0.3 is 5.69 Å². The van der Waals surface area contributed by atoms with Crippen LogP contribution in [0.4, 0.5) is 10.1 Å². The summed E-state index contributed by atoms with van der Waals surface area (Å²) < 4.78 is 15.0. The van der Waals surface area contributed by atoms with Crippen LogP contribution in [0, 0.1) is 5.82 Å². The van der Waals surface area contributed by atoms with Crippen molar-refractivity contribution in [2.75, 3.05) is 0 Å². The van der Waals surface area contributed by atoms with Gasteiger partial charge in [0.15, 0.2) is 0 Å². The summed E-state index contributed by atoms with van der Waals surface area (Å²) in [5, 5.41) is 10.4. The average Bonchev–Trinajstić information content (AvgIpc) is 2.66. The van der Waals surface area contributed by atoms with Gasteiger partial charge in [-0.1, -0.05) is 30.3 Å². The smallest absolute Gasteiger partial charge is 0.333 e. The van der Waals surface area contributed by atoms with Crippen molar-refractivity contribution in [3.63, 3.8) is 0 Å². The molecule has 0 radical (unpaired) electrons. The van der Waals surface area contributed by atoms with Gasteiger partial charge in [0.2, 0.25) is 5.88 Å². The molecule has 0 atom stereocenters. The maximum absolute atomic E-state index is 13.2. The van der Waals surface area contributed by atoms with Crippen molar-refractivity contribution >= 4 is 11.4 Å². The Morgan fingerprint density at radius 2 is 1.58 bits per heavy atom. The molecule has 0 aliphatic carbocycles. The number of benzene rings is 2. The van der Waals surface area contributed by atoms with E-state index in [9.17, 15) is 19.1 Å². The molecule has 0 amide bonds. The molecule has 7 heteroatoms. The fourth-order valence-electron chi connectivity index (χ4n) is 2.55. The molecule has 0 aliphatic rings. The van der Waals surface area contributed by atoms with Gasteiger partial charge in [0.1, 0.15) is 11.4 Å². The number of aromatic hydroxyl groups is 1. The third kappa shape index (κ3) is 3.06. The van der Waals surface area contributed by atoms with Gasteiger partial charge in [0.05, 0.1) is 11.4 Å². The molecule has 0 bridgehead atoms. The van der Waals surface area contributed by atoms with E-state index in [0.717, 1.165) is 9.13 Å². The quantitative estimate of drug-likeness (QED) is 0.733. The third-order valence-corrected chi connectivity index (χ3v) is 3.99. The summed E-state index contributed by atoms with van der Waals surface area (Å²) in [5.74, 6) is -0.895. The van der Waals surface area contributed by atoms with Gasteiger partial charge in [-0.2, -0.15) is 0 Å². The molecule has 0 saturated heterocycles. The molecule has 0 fully saturated rings. The second kappa shape index (κ2) is 6.79. The van der Waals surface area contributed by atoms with Crippen LogP contribution in [0.2, 0.25) is 0 Å². The highest BCUT2D eigenvalue weighted by atomic mass is 19.1. The molecule has 6 nitrogen and oxygen atoms in total. The zero-order valence-electron chi connectivity index (χ0n) is 14.2. The van der Waals surface area contributed by atoms with Crippen LogP contribution >= 0.6 is 0 Å². The molecule has 0 spiro atoms. The molecular formula is C19H16FN3O3. The lowest BCUT2D eigenvalue weighted by atomic mass is 10.0. The van der Waals surface area contributed by atoms with E-state index in [1.807, 2.05) is 0 Å². The first-order valence-electron chi connectivity index (χ1n) is 7.79. The van der Waals surface area contributed by atoms with Crippen molar-refractivity contribution in [1.29, 1.82) is 0 Å². The maximum atomic E-state index is 13.2. The van der Waals surface area contributed by atoms with Crippen molar-refractivity contribution in [1.82, 2.24) is 9.13 Å². The zero-order valence-corrected chi connectivity index (χ0v) is 14.2. The average molecular weight is 353 g/mol. The fraction of sp³-hybridized carbons (Fsp3) is 0.105. The first-order valence-corrected chi connectivity index (χ1v) is 7.79. The standard InChI is InChI=1S/C19H16FN3O3/c1-22-17(24)15(18(25)23(2)19(22)26)16(12-6-4-3-5-7-12)21-14-10-8-13(20)9-11-14/h3-11,24H,1-2H3. The van der Waals surface area contributed by atoms with Crippen LogP contribution in [-0.4, -0.2) is 20.0 Å². The third-order valence-electron chi connectivity index (χ3n) is 3.99. The summed E-state index contributed by atoms with van der Waals surface area (Å²) in [4.78, 5) is 29.1. The Morgan fingerprint density at radius 3 is 2.19 bits per heavy atom. The van der Waals surface area contributed by atoms with E-state index in [1.54, 1.807) is 30.3 Å². The second-order valence-corrected chi connectivity index (χ2v) is 5.71. The molecule has 26 heavy (non-hydrogen) atoms. The number of rotatable bonds is 3.